The summed E-state index contributed by atoms with van der Waals surface area (Å²) in [5.74, 6) is 0.653. The first-order chi connectivity index (χ1) is 13.1. The zero-order valence-electron chi connectivity index (χ0n) is 15.7. The molecule has 0 fully saturated rings. The van der Waals surface area contributed by atoms with Crippen LogP contribution in [0.2, 0.25) is 5.02 Å². The van der Waals surface area contributed by atoms with Crippen molar-refractivity contribution in [3.05, 3.63) is 63.7 Å². The van der Waals surface area contributed by atoms with E-state index in [1.54, 1.807) is 23.8 Å². The van der Waals surface area contributed by atoms with Gasteiger partial charge in [-0.1, -0.05) is 49.6 Å². The molecular weight excluding hydrogens is 362 g/mol. The minimum atomic E-state index is -0.0958. The predicted octanol–water partition coefficient (Wildman–Crippen LogP) is 4.67. The van der Waals surface area contributed by atoms with Crippen LogP contribution in [-0.4, -0.2) is 27.7 Å². The number of fused-ring (bicyclic) bond motifs is 1. The minimum absolute atomic E-state index is 0.0958. The van der Waals surface area contributed by atoms with E-state index in [4.69, 9.17) is 21.3 Å². The second-order valence-electron chi connectivity index (χ2n) is 6.43. The molecule has 0 atom stereocenters. The molecule has 3 aromatic rings. The van der Waals surface area contributed by atoms with E-state index in [-0.39, 0.29) is 5.56 Å². The Labute approximate surface area is 163 Å². The molecule has 6 heteroatoms. The van der Waals surface area contributed by atoms with E-state index in [2.05, 4.69) is 11.5 Å². The molecule has 3 rings (SSSR count). The number of halogens is 1. The fourth-order valence-electron chi connectivity index (χ4n) is 3.02. The molecule has 1 aromatic carbocycles. The van der Waals surface area contributed by atoms with Crippen LogP contribution in [0, 0.1) is 0 Å². The van der Waals surface area contributed by atoms with Crippen molar-refractivity contribution < 1.29 is 4.74 Å². The molecule has 27 heavy (non-hydrogen) atoms. The Morgan fingerprint density at radius 3 is 2.70 bits per heavy atom. The van der Waals surface area contributed by atoms with E-state index < -0.39 is 0 Å². The van der Waals surface area contributed by atoms with Crippen molar-refractivity contribution in [2.24, 2.45) is 0 Å². The van der Waals surface area contributed by atoms with E-state index in [1.165, 1.54) is 0 Å². The lowest BCUT2D eigenvalue weighted by molar-refractivity contribution is 0.234. The zero-order chi connectivity index (χ0) is 19.2. The highest BCUT2D eigenvalue weighted by molar-refractivity contribution is 6.30. The number of aryl methyl sites for hydroxylation is 1. The number of aromatic nitrogens is 3. The molecule has 0 saturated heterocycles. The lowest BCUT2D eigenvalue weighted by atomic mass is 10.2. The van der Waals surface area contributed by atoms with Gasteiger partial charge >= 0.3 is 0 Å². The van der Waals surface area contributed by atoms with Gasteiger partial charge in [-0.2, -0.15) is 0 Å². The highest BCUT2D eigenvalue weighted by atomic mass is 35.5. The SMILES string of the molecule is CCCCCn1c(/C=C/COC)cc(=O)n2cc(-c3ccc(Cl)cc3)nc12. The maximum atomic E-state index is 12.6. The monoisotopic (exact) mass is 385 g/mol. The van der Waals surface area contributed by atoms with Crippen molar-refractivity contribution >= 4 is 23.5 Å². The number of nitrogens with zero attached hydrogens (tertiary/aromatic N) is 3. The fraction of sp³-hybridized carbons (Fsp3) is 0.333. The van der Waals surface area contributed by atoms with E-state index >= 15 is 0 Å². The maximum Gasteiger partial charge on any atom is 0.259 e. The summed E-state index contributed by atoms with van der Waals surface area (Å²) in [6.45, 7) is 3.48. The van der Waals surface area contributed by atoms with Crippen LogP contribution < -0.4 is 5.56 Å². The van der Waals surface area contributed by atoms with Crippen LogP contribution in [0.25, 0.3) is 23.1 Å². The van der Waals surface area contributed by atoms with Gasteiger partial charge < -0.3 is 9.30 Å². The van der Waals surface area contributed by atoms with Crippen LogP contribution in [0.1, 0.15) is 31.9 Å². The highest BCUT2D eigenvalue weighted by Crippen LogP contribution is 2.21. The Balaban J connectivity index is 2.11. The molecule has 0 N–H and O–H groups in total. The molecule has 0 aliphatic heterocycles. The topological polar surface area (TPSA) is 48.5 Å². The number of benzene rings is 1. The lowest BCUT2D eigenvalue weighted by Gasteiger charge is -2.12. The summed E-state index contributed by atoms with van der Waals surface area (Å²) in [6, 6.07) is 9.13. The summed E-state index contributed by atoms with van der Waals surface area (Å²) in [5, 5.41) is 0.673. The summed E-state index contributed by atoms with van der Waals surface area (Å²) in [5.41, 5.74) is 2.43. The van der Waals surface area contributed by atoms with Gasteiger partial charge in [0.25, 0.3) is 5.56 Å². The summed E-state index contributed by atoms with van der Waals surface area (Å²) in [6.07, 6.45) is 8.92. The molecule has 0 unspecified atom stereocenters. The number of imidazole rings is 1. The first-order valence-electron chi connectivity index (χ1n) is 9.18. The Hall–Kier alpha value is -2.37. The van der Waals surface area contributed by atoms with Gasteiger partial charge in [0.05, 0.1) is 12.3 Å². The Morgan fingerprint density at radius 1 is 1.22 bits per heavy atom. The summed E-state index contributed by atoms with van der Waals surface area (Å²) in [4.78, 5) is 17.4. The molecule has 0 saturated carbocycles. The second-order valence-corrected chi connectivity index (χ2v) is 6.86. The van der Waals surface area contributed by atoms with Gasteiger partial charge in [0.2, 0.25) is 5.78 Å². The van der Waals surface area contributed by atoms with Crippen LogP contribution in [-0.2, 0) is 11.3 Å². The van der Waals surface area contributed by atoms with E-state index in [0.717, 1.165) is 42.8 Å². The first kappa shape index (κ1) is 19.4. The van der Waals surface area contributed by atoms with Gasteiger partial charge in [0.1, 0.15) is 0 Å². The number of methoxy groups -OCH3 is 1. The van der Waals surface area contributed by atoms with Crippen molar-refractivity contribution in [1.82, 2.24) is 14.0 Å². The molecule has 0 bridgehead atoms. The number of hydrogen-bond acceptors (Lipinski definition) is 3. The predicted molar refractivity (Wildman–Crippen MR) is 110 cm³/mol. The third-order valence-corrected chi connectivity index (χ3v) is 4.68. The van der Waals surface area contributed by atoms with Gasteiger partial charge in [-0.15, -0.1) is 0 Å². The molecule has 0 amide bonds. The average Bonchev–Trinajstić information content (AvgIpc) is 3.11. The van der Waals surface area contributed by atoms with Gasteiger partial charge in [-0.25, -0.2) is 4.98 Å². The zero-order valence-corrected chi connectivity index (χ0v) is 16.4. The average molecular weight is 386 g/mol. The van der Waals surface area contributed by atoms with Gasteiger partial charge in [0.15, 0.2) is 0 Å². The standard InChI is InChI=1S/C21H24ClN3O2/c1-3-4-5-12-24-18(7-6-13-27-2)14-20(26)25-15-19(23-21(24)25)16-8-10-17(22)11-9-16/h6-11,14-15H,3-5,12-13H2,1-2H3/b7-6+. The van der Waals surface area contributed by atoms with Gasteiger partial charge in [-0.05, 0) is 24.6 Å². The fourth-order valence-corrected chi connectivity index (χ4v) is 3.15. The maximum absolute atomic E-state index is 12.6. The number of unbranched alkanes of at least 4 members (excludes halogenated alkanes) is 2. The van der Waals surface area contributed by atoms with Crippen molar-refractivity contribution in [2.75, 3.05) is 13.7 Å². The molecule has 0 radical (unpaired) electrons. The molecule has 0 aliphatic carbocycles. The number of rotatable bonds is 8. The van der Waals surface area contributed by atoms with E-state index in [0.29, 0.717) is 17.4 Å². The van der Waals surface area contributed by atoms with E-state index in [9.17, 15) is 4.79 Å². The molecule has 0 spiro atoms. The second kappa shape index (κ2) is 9.02. The summed E-state index contributed by atoms with van der Waals surface area (Å²) < 4.78 is 8.80. The van der Waals surface area contributed by atoms with Crippen LogP contribution in [0.5, 0.6) is 0 Å². The van der Waals surface area contributed by atoms with Crippen molar-refractivity contribution in [3.63, 3.8) is 0 Å². The molecular formula is C21H24ClN3O2. The third-order valence-electron chi connectivity index (χ3n) is 4.43. The lowest BCUT2D eigenvalue weighted by Crippen LogP contribution is -2.19. The summed E-state index contributed by atoms with van der Waals surface area (Å²) >= 11 is 5.98. The van der Waals surface area contributed by atoms with Crippen LogP contribution >= 0.6 is 11.6 Å². The molecule has 0 aliphatic rings. The van der Waals surface area contributed by atoms with E-state index in [1.807, 2.05) is 36.4 Å². The van der Waals surface area contributed by atoms with Crippen LogP contribution in [0.4, 0.5) is 0 Å². The first-order valence-corrected chi connectivity index (χ1v) is 9.56. The summed E-state index contributed by atoms with van der Waals surface area (Å²) in [7, 11) is 1.65. The Bertz CT molecular complexity index is 987. The molecule has 2 heterocycles. The van der Waals surface area contributed by atoms with Gasteiger partial charge in [0, 0.05) is 42.2 Å². The minimum Gasteiger partial charge on any atom is -0.381 e. The van der Waals surface area contributed by atoms with Gasteiger partial charge in [-0.3, -0.25) is 9.20 Å². The normalized spacial score (nSPS) is 11.7. The molecule has 142 valence electrons. The van der Waals surface area contributed by atoms with Crippen molar-refractivity contribution in [3.8, 4) is 11.3 Å². The smallest absolute Gasteiger partial charge is 0.259 e. The Kier molecular flexibility index (Phi) is 6.48. The van der Waals surface area contributed by atoms with Crippen LogP contribution in [0.3, 0.4) is 0 Å². The molecule has 5 nitrogen and oxygen atoms in total. The number of hydrogen-bond donors (Lipinski definition) is 0. The quantitative estimate of drug-likeness (QED) is 0.529. The largest absolute Gasteiger partial charge is 0.381 e. The van der Waals surface area contributed by atoms with Crippen molar-refractivity contribution in [2.45, 2.75) is 32.7 Å². The van der Waals surface area contributed by atoms with Crippen molar-refractivity contribution in [1.29, 1.82) is 0 Å². The molecule has 2 aromatic heterocycles. The Morgan fingerprint density at radius 2 is 2.00 bits per heavy atom. The number of ether oxygens (including phenoxy) is 1. The third kappa shape index (κ3) is 4.49. The van der Waals surface area contributed by atoms with Crippen LogP contribution in [0.15, 0.2) is 47.4 Å². The highest BCUT2D eigenvalue weighted by Gasteiger charge is 2.12.